The fourth-order valence-electron chi connectivity index (χ4n) is 2.72. The van der Waals surface area contributed by atoms with Crippen LogP contribution in [0.25, 0.3) is 0 Å². The first kappa shape index (κ1) is 10.7. The van der Waals surface area contributed by atoms with E-state index in [0.717, 1.165) is 12.0 Å². The molecule has 0 aliphatic carbocycles. The number of piperidine rings is 1. The summed E-state index contributed by atoms with van der Waals surface area (Å²) in [5.41, 5.74) is 1.51. The maximum absolute atomic E-state index is 2.53. The number of likely N-dealkylation sites (tertiary alicyclic amines) is 1. The predicted molar refractivity (Wildman–Crippen MR) is 65.1 cm³/mol. The molecule has 0 aromatic heterocycles. The fraction of sp³-hybridized carbons (Fsp3) is 0.571. The summed E-state index contributed by atoms with van der Waals surface area (Å²) in [5, 5.41) is 0. The topological polar surface area (TPSA) is 3.24 Å². The van der Waals surface area contributed by atoms with Crippen LogP contribution in [0.2, 0.25) is 0 Å². The molecule has 82 valence electrons. The van der Waals surface area contributed by atoms with E-state index < -0.39 is 0 Å². The first-order valence-electron chi connectivity index (χ1n) is 6.06. The minimum Gasteiger partial charge on any atom is -0.303 e. The van der Waals surface area contributed by atoms with Gasteiger partial charge in [-0.3, -0.25) is 0 Å². The predicted octanol–water partition coefficient (Wildman–Crippen LogP) is 3.27. The van der Waals surface area contributed by atoms with E-state index in [0.29, 0.717) is 0 Å². The van der Waals surface area contributed by atoms with Gasteiger partial charge in [0.1, 0.15) is 0 Å². The van der Waals surface area contributed by atoms with E-state index >= 15 is 0 Å². The molecular formula is C14H21N. The third kappa shape index (κ3) is 2.40. The van der Waals surface area contributed by atoms with Crippen molar-refractivity contribution in [3.8, 4) is 0 Å². The van der Waals surface area contributed by atoms with Crippen LogP contribution >= 0.6 is 0 Å². The van der Waals surface area contributed by atoms with Gasteiger partial charge in [0.25, 0.3) is 0 Å². The molecule has 0 unspecified atom stereocenters. The zero-order chi connectivity index (χ0) is 10.7. The maximum atomic E-state index is 2.53. The Hall–Kier alpha value is -0.820. The second kappa shape index (κ2) is 4.80. The quantitative estimate of drug-likeness (QED) is 0.713. The Balaban J connectivity index is 2.03. The summed E-state index contributed by atoms with van der Waals surface area (Å²) in [6, 6.07) is 11.8. The molecule has 1 aliphatic rings. The summed E-state index contributed by atoms with van der Waals surface area (Å²) >= 11 is 0. The second-order valence-electron chi connectivity index (χ2n) is 4.69. The summed E-state index contributed by atoms with van der Waals surface area (Å²) in [7, 11) is 2.27. The van der Waals surface area contributed by atoms with Gasteiger partial charge in [-0.2, -0.15) is 0 Å². The number of nitrogens with zero attached hydrogens (tertiary/aromatic N) is 1. The second-order valence-corrected chi connectivity index (χ2v) is 4.69. The average molecular weight is 203 g/mol. The van der Waals surface area contributed by atoms with E-state index in [4.69, 9.17) is 0 Å². The highest BCUT2D eigenvalue weighted by Gasteiger charge is 2.24. The normalized spacial score (nSPS) is 27.9. The molecule has 1 heteroatoms. The van der Waals surface area contributed by atoms with Crippen LogP contribution in [0, 0.1) is 0 Å². The Labute approximate surface area is 93.1 Å². The molecule has 0 amide bonds. The highest BCUT2D eigenvalue weighted by atomic mass is 15.1. The van der Waals surface area contributed by atoms with Crippen LogP contribution in [0.5, 0.6) is 0 Å². The molecule has 0 N–H and O–H groups in total. The molecule has 1 heterocycles. The minimum atomic E-state index is 0.749. The Bertz CT molecular complexity index is 293. The van der Waals surface area contributed by atoms with Gasteiger partial charge in [0.15, 0.2) is 0 Å². The maximum Gasteiger partial charge on any atom is 0.00900 e. The van der Waals surface area contributed by atoms with Crippen molar-refractivity contribution in [1.82, 2.24) is 4.90 Å². The first-order valence-corrected chi connectivity index (χ1v) is 6.06. The lowest BCUT2D eigenvalue weighted by Gasteiger charge is -2.37. The van der Waals surface area contributed by atoms with Crippen molar-refractivity contribution in [3.05, 3.63) is 35.9 Å². The molecule has 1 fully saturated rings. The van der Waals surface area contributed by atoms with Crippen LogP contribution in [0.1, 0.15) is 37.7 Å². The summed E-state index contributed by atoms with van der Waals surface area (Å²) in [6.45, 7) is 3.52. The van der Waals surface area contributed by atoms with E-state index in [1.165, 1.54) is 31.4 Å². The van der Waals surface area contributed by atoms with Gasteiger partial charge in [0.05, 0.1) is 0 Å². The largest absolute Gasteiger partial charge is 0.303 e. The lowest BCUT2D eigenvalue weighted by atomic mass is 9.87. The lowest BCUT2D eigenvalue weighted by Crippen LogP contribution is -2.39. The summed E-state index contributed by atoms with van der Waals surface area (Å²) < 4.78 is 0. The van der Waals surface area contributed by atoms with Gasteiger partial charge in [0.2, 0.25) is 0 Å². The monoisotopic (exact) mass is 203 g/mol. The number of rotatable bonds is 2. The Kier molecular flexibility index (Phi) is 3.42. The highest BCUT2D eigenvalue weighted by molar-refractivity contribution is 5.20. The molecule has 0 radical (unpaired) electrons. The molecule has 2 rings (SSSR count). The smallest absolute Gasteiger partial charge is 0.00900 e. The molecule has 2 atom stereocenters. The Morgan fingerprint density at radius 3 is 2.53 bits per heavy atom. The van der Waals surface area contributed by atoms with Crippen molar-refractivity contribution in [2.45, 2.75) is 38.1 Å². The van der Waals surface area contributed by atoms with E-state index in [1.54, 1.807) is 0 Å². The molecule has 1 aliphatic heterocycles. The van der Waals surface area contributed by atoms with E-state index in [-0.39, 0.29) is 0 Å². The zero-order valence-corrected chi connectivity index (χ0v) is 9.82. The van der Waals surface area contributed by atoms with Gasteiger partial charge < -0.3 is 4.90 Å². The molecule has 0 bridgehead atoms. The van der Waals surface area contributed by atoms with Gasteiger partial charge in [-0.15, -0.1) is 0 Å². The van der Waals surface area contributed by atoms with Crippen molar-refractivity contribution in [3.63, 3.8) is 0 Å². The van der Waals surface area contributed by atoms with Gasteiger partial charge in [0, 0.05) is 12.6 Å². The highest BCUT2D eigenvalue weighted by Crippen LogP contribution is 2.29. The van der Waals surface area contributed by atoms with Crippen LogP contribution in [-0.2, 0) is 0 Å². The number of hydrogen-bond donors (Lipinski definition) is 0. The number of hydrogen-bond acceptors (Lipinski definition) is 1. The van der Waals surface area contributed by atoms with E-state index in [9.17, 15) is 0 Å². The van der Waals surface area contributed by atoms with E-state index in [1.807, 2.05) is 0 Å². The van der Waals surface area contributed by atoms with Gasteiger partial charge in [-0.05, 0) is 37.8 Å². The summed E-state index contributed by atoms with van der Waals surface area (Å²) in [6.07, 6.45) is 4.00. The van der Waals surface area contributed by atoms with Crippen LogP contribution in [0.3, 0.4) is 0 Å². The lowest BCUT2D eigenvalue weighted by molar-refractivity contribution is 0.163. The van der Waals surface area contributed by atoms with Gasteiger partial charge in [-0.1, -0.05) is 37.3 Å². The van der Waals surface area contributed by atoms with Gasteiger partial charge in [-0.25, -0.2) is 0 Å². The van der Waals surface area contributed by atoms with E-state index in [2.05, 4.69) is 49.2 Å². The van der Waals surface area contributed by atoms with Crippen LogP contribution in [-0.4, -0.2) is 24.5 Å². The fourth-order valence-corrected chi connectivity index (χ4v) is 2.72. The zero-order valence-electron chi connectivity index (χ0n) is 9.82. The Morgan fingerprint density at radius 2 is 1.93 bits per heavy atom. The van der Waals surface area contributed by atoms with Crippen molar-refractivity contribution in [1.29, 1.82) is 0 Å². The van der Waals surface area contributed by atoms with Crippen molar-refractivity contribution in [2.24, 2.45) is 0 Å². The van der Waals surface area contributed by atoms with Crippen LogP contribution in [0.4, 0.5) is 0 Å². The third-order valence-corrected chi connectivity index (χ3v) is 3.72. The molecule has 15 heavy (non-hydrogen) atoms. The number of likely N-dealkylation sites (N-methyl/N-ethyl adjacent to an activating group) is 1. The SMILES string of the molecule is CC[C@H]1CC[C@@H](c2ccccc2)CN1C. The minimum absolute atomic E-state index is 0.749. The molecule has 1 nitrogen and oxygen atoms in total. The third-order valence-electron chi connectivity index (χ3n) is 3.72. The summed E-state index contributed by atoms with van der Waals surface area (Å²) in [4.78, 5) is 2.53. The molecule has 0 saturated carbocycles. The van der Waals surface area contributed by atoms with Crippen molar-refractivity contribution in [2.75, 3.05) is 13.6 Å². The van der Waals surface area contributed by atoms with Crippen molar-refractivity contribution >= 4 is 0 Å². The average Bonchev–Trinajstić information content (AvgIpc) is 2.30. The molecular weight excluding hydrogens is 182 g/mol. The van der Waals surface area contributed by atoms with Gasteiger partial charge >= 0.3 is 0 Å². The standard InChI is InChI=1S/C14H21N/c1-3-14-10-9-13(11-15(14)2)12-7-5-4-6-8-12/h4-8,13-14H,3,9-11H2,1-2H3/t13-,14+/m1/s1. The Morgan fingerprint density at radius 1 is 1.20 bits per heavy atom. The van der Waals surface area contributed by atoms with Crippen molar-refractivity contribution < 1.29 is 0 Å². The molecule has 1 saturated heterocycles. The molecule has 1 aromatic rings. The first-order chi connectivity index (χ1) is 7.31. The van der Waals surface area contributed by atoms with Crippen LogP contribution < -0.4 is 0 Å². The number of benzene rings is 1. The summed E-state index contributed by atoms with van der Waals surface area (Å²) in [5.74, 6) is 0.749. The molecule has 1 aromatic carbocycles. The molecule has 0 spiro atoms. The van der Waals surface area contributed by atoms with Crippen LogP contribution in [0.15, 0.2) is 30.3 Å².